The number of carbonyl (C=O) groups is 1. The molecule has 0 aromatic heterocycles. The summed E-state index contributed by atoms with van der Waals surface area (Å²) in [6.07, 6.45) is 0.343. The monoisotopic (exact) mass is 268 g/mol. The van der Waals surface area contributed by atoms with Gasteiger partial charge < -0.3 is 0 Å². The van der Waals surface area contributed by atoms with Gasteiger partial charge in [0.25, 0.3) is 0 Å². The number of rotatable bonds is 2. The molecule has 0 bridgehead atoms. The first-order chi connectivity index (χ1) is 5.59. The molecule has 0 saturated heterocycles. The molecule has 1 aromatic carbocycles. The van der Waals surface area contributed by atoms with Crippen LogP contribution in [0.5, 0.6) is 0 Å². The molecule has 0 fully saturated rings. The fraction of sp³-hybridized carbons (Fsp3) is 0.125. The predicted octanol–water partition coefficient (Wildman–Crippen LogP) is 1.96. The summed E-state index contributed by atoms with van der Waals surface area (Å²) >= 11 is 13.5. The van der Waals surface area contributed by atoms with Crippen LogP contribution in [0.4, 0.5) is 0 Å². The molecule has 0 aliphatic carbocycles. The molecule has 0 unspecified atom stereocenters. The normalized spacial score (nSPS) is 9.92. The fourth-order valence-corrected chi connectivity index (χ4v) is 1.66. The Morgan fingerprint density at radius 1 is 1.42 bits per heavy atom. The molecule has 0 heterocycles. The maximum absolute atomic E-state index is 10.7. The van der Waals surface area contributed by atoms with E-state index >= 15 is 0 Å². The van der Waals surface area contributed by atoms with Gasteiger partial charge in [-0.3, -0.25) is 0 Å². The second-order valence-electron chi connectivity index (χ2n) is 2.31. The van der Waals surface area contributed by atoms with Crippen molar-refractivity contribution in [3.8, 4) is 0 Å². The molecule has 0 N–H and O–H groups in total. The van der Waals surface area contributed by atoms with E-state index in [1.54, 1.807) is 18.2 Å². The van der Waals surface area contributed by atoms with E-state index in [0.29, 0.717) is 16.5 Å². The molecule has 0 spiro atoms. The minimum atomic E-state index is 0.0340. The van der Waals surface area contributed by atoms with Crippen molar-refractivity contribution in [2.45, 2.75) is 6.42 Å². The first kappa shape index (κ1) is 10.1. The molecule has 1 aromatic rings. The molecule has 0 radical (unpaired) electrons. The fourth-order valence-electron chi connectivity index (χ4n) is 0.828. The Labute approximate surface area is 88.9 Å². The first-order valence-corrected chi connectivity index (χ1v) is 4.95. The number of carbonyl (C=O) groups excluding carboxylic acids is 1. The van der Waals surface area contributed by atoms with Gasteiger partial charge >= 0.3 is 88.9 Å². The summed E-state index contributed by atoms with van der Waals surface area (Å²) in [5.41, 5.74) is 0.812. The third-order valence-corrected chi connectivity index (χ3v) is 2.28. The molecule has 0 aliphatic rings. The summed E-state index contributed by atoms with van der Waals surface area (Å²) in [4.78, 5) is 10.7. The first-order valence-electron chi connectivity index (χ1n) is 3.25. The average Bonchev–Trinajstić information content (AvgIpc) is 1.94. The van der Waals surface area contributed by atoms with Crippen molar-refractivity contribution >= 4 is 43.9 Å². The average molecular weight is 268 g/mol. The minimum absolute atomic E-state index is 0.0340. The summed E-state index contributed by atoms with van der Waals surface area (Å²) < 4.78 is 0.0340. The molecule has 0 amide bonds. The van der Waals surface area contributed by atoms with Crippen molar-refractivity contribution in [1.29, 1.82) is 0 Å². The summed E-state index contributed by atoms with van der Waals surface area (Å²) in [5, 5.41) is 1.13. The molecule has 1 nitrogen and oxygen atoms in total. The quantitative estimate of drug-likeness (QED) is 0.749. The van der Waals surface area contributed by atoms with Gasteiger partial charge in [-0.05, 0) is 0 Å². The van der Waals surface area contributed by atoms with E-state index in [9.17, 15) is 4.79 Å². The van der Waals surface area contributed by atoms with Crippen LogP contribution < -0.4 is 0 Å². The van der Waals surface area contributed by atoms with E-state index in [1.807, 2.05) is 16.0 Å². The van der Waals surface area contributed by atoms with Crippen molar-refractivity contribution in [3.63, 3.8) is 0 Å². The van der Waals surface area contributed by atoms with Gasteiger partial charge in [0, 0.05) is 0 Å². The van der Waals surface area contributed by atoms with E-state index in [4.69, 9.17) is 23.2 Å². The Morgan fingerprint density at radius 2 is 2.08 bits per heavy atom. The van der Waals surface area contributed by atoms with Crippen molar-refractivity contribution in [2.75, 3.05) is 0 Å². The molecule has 0 aliphatic heterocycles. The summed E-state index contributed by atoms with van der Waals surface area (Å²) in [7, 11) is 0. The van der Waals surface area contributed by atoms with Crippen molar-refractivity contribution in [2.24, 2.45) is 0 Å². The van der Waals surface area contributed by atoms with Crippen LogP contribution in [0, 0.1) is 0 Å². The Balaban J connectivity index is 2.93. The zero-order chi connectivity index (χ0) is 9.14. The van der Waals surface area contributed by atoms with Gasteiger partial charge in [-0.25, -0.2) is 0 Å². The van der Waals surface area contributed by atoms with Crippen molar-refractivity contribution in [3.05, 3.63) is 33.8 Å². The number of halogens is 2. The third kappa shape index (κ3) is 2.80. The van der Waals surface area contributed by atoms with Crippen LogP contribution in [0.25, 0.3) is 0 Å². The van der Waals surface area contributed by atoms with Gasteiger partial charge in [-0.2, -0.15) is 0 Å². The summed E-state index contributed by atoms with van der Waals surface area (Å²) in [6, 6.07) is 5.11. The third-order valence-electron chi connectivity index (χ3n) is 1.36. The van der Waals surface area contributed by atoms with Crippen LogP contribution in [0.15, 0.2) is 18.2 Å². The molecule has 1 rings (SSSR count). The Bertz CT molecular complexity index is 312. The predicted molar refractivity (Wildman–Crippen MR) is 52.3 cm³/mol. The Morgan fingerprint density at radius 3 is 2.58 bits per heavy atom. The molecular formula is C8H6Cl2OSe. The number of benzene rings is 1. The van der Waals surface area contributed by atoms with Crippen LogP contribution in [0.2, 0.25) is 10.0 Å². The van der Waals surface area contributed by atoms with Gasteiger partial charge in [0.2, 0.25) is 0 Å². The second-order valence-corrected chi connectivity index (χ2v) is 4.20. The zero-order valence-corrected chi connectivity index (χ0v) is 9.44. The van der Waals surface area contributed by atoms with Crippen LogP contribution >= 0.6 is 23.2 Å². The summed E-state index contributed by atoms with van der Waals surface area (Å²) in [5.74, 6) is 0. The number of hydrogen-bond donors (Lipinski definition) is 0. The molecule has 12 heavy (non-hydrogen) atoms. The van der Waals surface area contributed by atoms with Gasteiger partial charge in [0.05, 0.1) is 0 Å². The standard InChI is InChI=1S/C8H6Cl2OSe/c9-6-2-1-5(3-8(11)12)7(10)4-6/h1-2,4H,3H2,(H,11,12). The van der Waals surface area contributed by atoms with Crippen LogP contribution in [-0.4, -0.2) is 20.7 Å². The molecule has 0 atom stereocenters. The van der Waals surface area contributed by atoms with E-state index in [-0.39, 0.29) is 4.68 Å². The Kier molecular flexibility index (Phi) is 3.60. The van der Waals surface area contributed by atoms with E-state index < -0.39 is 0 Å². The SMILES string of the molecule is O=C([SeH])Cc1ccc(Cl)cc1Cl. The van der Waals surface area contributed by atoms with Crippen LogP contribution in [0.1, 0.15) is 5.56 Å². The molecular weight excluding hydrogens is 262 g/mol. The van der Waals surface area contributed by atoms with Crippen molar-refractivity contribution < 1.29 is 4.79 Å². The van der Waals surface area contributed by atoms with Crippen LogP contribution in [-0.2, 0) is 11.2 Å². The van der Waals surface area contributed by atoms with Crippen LogP contribution in [0.3, 0.4) is 0 Å². The van der Waals surface area contributed by atoms with E-state index in [0.717, 1.165) is 5.56 Å². The van der Waals surface area contributed by atoms with Gasteiger partial charge in [-0.15, -0.1) is 0 Å². The van der Waals surface area contributed by atoms with Gasteiger partial charge in [0.1, 0.15) is 0 Å². The Hall–Kier alpha value is -0.0105. The van der Waals surface area contributed by atoms with Gasteiger partial charge in [0.15, 0.2) is 0 Å². The van der Waals surface area contributed by atoms with Crippen molar-refractivity contribution in [1.82, 2.24) is 0 Å². The zero-order valence-electron chi connectivity index (χ0n) is 6.05. The van der Waals surface area contributed by atoms with E-state index in [2.05, 4.69) is 0 Å². The molecule has 64 valence electrons. The van der Waals surface area contributed by atoms with Gasteiger partial charge in [-0.1, -0.05) is 0 Å². The summed E-state index contributed by atoms with van der Waals surface area (Å²) in [6.45, 7) is 0. The topological polar surface area (TPSA) is 17.1 Å². The van der Waals surface area contributed by atoms with E-state index in [1.165, 1.54) is 0 Å². The second kappa shape index (κ2) is 4.29. The number of hydrogen-bond acceptors (Lipinski definition) is 1. The molecule has 0 saturated carbocycles. The molecule has 4 heteroatoms. The maximum atomic E-state index is 10.7.